The zero-order valence-electron chi connectivity index (χ0n) is 17.1. The molecule has 2 aromatic carbocycles. The maximum absolute atomic E-state index is 13.5. The van der Waals surface area contributed by atoms with E-state index >= 15 is 0 Å². The average molecular weight is 405 g/mol. The van der Waals surface area contributed by atoms with Crippen molar-refractivity contribution in [1.29, 1.82) is 0 Å². The monoisotopic (exact) mass is 405 g/mol. The first kappa shape index (κ1) is 19.8. The highest BCUT2D eigenvalue weighted by atomic mass is 16.6. The van der Waals surface area contributed by atoms with Crippen LogP contribution in [0.1, 0.15) is 36.0 Å². The molecule has 0 radical (unpaired) electrons. The van der Waals surface area contributed by atoms with Gasteiger partial charge in [-0.1, -0.05) is 12.1 Å². The van der Waals surface area contributed by atoms with Gasteiger partial charge in [0.2, 0.25) is 0 Å². The Kier molecular flexibility index (Phi) is 5.11. The molecule has 0 unspecified atom stereocenters. The molecule has 2 aromatic rings. The summed E-state index contributed by atoms with van der Waals surface area (Å²) in [6, 6.07) is 11.5. The molecule has 0 saturated carbocycles. The van der Waals surface area contributed by atoms with Crippen LogP contribution in [0.2, 0.25) is 0 Å². The number of nitro groups is 1. The number of benzene rings is 2. The Morgan fingerprint density at radius 1 is 0.900 bits per heavy atom. The molecule has 0 aliphatic carbocycles. The first-order valence-corrected chi connectivity index (χ1v) is 10.1. The third kappa shape index (κ3) is 3.36. The molecule has 0 spiro atoms. The second-order valence-electron chi connectivity index (χ2n) is 7.81. The molecule has 0 bridgehead atoms. The number of hydrogen-bond acceptors (Lipinski definition) is 5. The molecule has 1 saturated heterocycles. The molecule has 30 heavy (non-hydrogen) atoms. The molecule has 7 nitrogen and oxygen atoms in total. The van der Waals surface area contributed by atoms with Crippen LogP contribution in [0.5, 0.6) is 0 Å². The maximum atomic E-state index is 13.5. The third-order valence-corrected chi connectivity index (χ3v) is 5.70. The van der Waals surface area contributed by atoms with Gasteiger partial charge in [-0.25, -0.2) is 4.90 Å². The number of non-ortho nitro benzene ring substituents is 1. The minimum absolute atomic E-state index is 0.0537. The first-order chi connectivity index (χ1) is 14.4. The number of carbonyl (C=O) groups excluding carboxylic acids is 2. The number of aryl methyl sites for hydroxylation is 2. The predicted molar refractivity (Wildman–Crippen MR) is 114 cm³/mol. The van der Waals surface area contributed by atoms with Crippen LogP contribution in [-0.2, 0) is 9.59 Å². The van der Waals surface area contributed by atoms with Crippen molar-refractivity contribution in [1.82, 2.24) is 4.90 Å². The first-order valence-electron chi connectivity index (χ1n) is 10.1. The molecule has 1 fully saturated rings. The second-order valence-corrected chi connectivity index (χ2v) is 7.81. The Balaban J connectivity index is 1.84. The number of anilines is 1. The fraction of sp³-hybridized carbons (Fsp3) is 0.304. The lowest BCUT2D eigenvalue weighted by Gasteiger charge is -2.29. The summed E-state index contributed by atoms with van der Waals surface area (Å²) in [5, 5.41) is 11.0. The van der Waals surface area contributed by atoms with Crippen molar-refractivity contribution >= 4 is 28.8 Å². The SMILES string of the molecule is Cc1ccc(C)c(N2C(=O)C(c3ccc([N+](=O)[O-])cc3)=C(N3CCCCC3)C2=O)c1. The molecular weight excluding hydrogens is 382 g/mol. The topological polar surface area (TPSA) is 83.8 Å². The lowest BCUT2D eigenvalue weighted by Crippen LogP contribution is -2.37. The summed E-state index contributed by atoms with van der Waals surface area (Å²) in [7, 11) is 0. The second kappa shape index (κ2) is 7.74. The van der Waals surface area contributed by atoms with Crippen LogP contribution in [0, 0.1) is 24.0 Å². The molecule has 2 aliphatic rings. The molecule has 7 heteroatoms. The van der Waals surface area contributed by atoms with Crippen molar-refractivity contribution in [3.63, 3.8) is 0 Å². The van der Waals surface area contributed by atoms with E-state index in [0.29, 0.717) is 35.6 Å². The van der Waals surface area contributed by atoms with Gasteiger partial charge in [0, 0.05) is 25.2 Å². The van der Waals surface area contributed by atoms with Crippen molar-refractivity contribution in [3.05, 3.63) is 75.0 Å². The van der Waals surface area contributed by atoms with Crippen molar-refractivity contribution in [3.8, 4) is 0 Å². The fourth-order valence-corrected chi connectivity index (χ4v) is 4.12. The van der Waals surface area contributed by atoms with Crippen LogP contribution < -0.4 is 4.90 Å². The largest absolute Gasteiger partial charge is 0.366 e. The van der Waals surface area contributed by atoms with Crippen LogP contribution in [0.25, 0.3) is 5.57 Å². The van der Waals surface area contributed by atoms with E-state index in [0.717, 1.165) is 30.4 Å². The number of hydrogen-bond donors (Lipinski definition) is 0. The van der Waals surface area contributed by atoms with Crippen molar-refractivity contribution in [2.24, 2.45) is 0 Å². The fourth-order valence-electron chi connectivity index (χ4n) is 4.12. The van der Waals surface area contributed by atoms with Crippen molar-refractivity contribution < 1.29 is 14.5 Å². The molecule has 154 valence electrons. The van der Waals surface area contributed by atoms with E-state index in [2.05, 4.69) is 0 Å². The average Bonchev–Trinajstić information content (AvgIpc) is 3.00. The lowest BCUT2D eigenvalue weighted by molar-refractivity contribution is -0.384. The van der Waals surface area contributed by atoms with E-state index in [4.69, 9.17) is 0 Å². The Bertz CT molecular complexity index is 1070. The van der Waals surface area contributed by atoms with E-state index in [1.165, 1.54) is 17.0 Å². The smallest absolute Gasteiger partial charge is 0.282 e. The molecule has 2 aliphatic heterocycles. The van der Waals surface area contributed by atoms with Gasteiger partial charge in [0.15, 0.2) is 0 Å². The van der Waals surface area contributed by atoms with Gasteiger partial charge >= 0.3 is 0 Å². The van der Waals surface area contributed by atoms with Crippen LogP contribution >= 0.6 is 0 Å². The highest BCUT2D eigenvalue weighted by molar-refractivity contribution is 6.45. The van der Waals surface area contributed by atoms with Gasteiger partial charge in [-0.3, -0.25) is 19.7 Å². The molecule has 4 rings (SSSR count). The Morgan fingerprint density at radius 2 is 1.57 bits per heavy atom. The summed E-state index contributed by atoms with van der Waals surface area (Å²) < 4.78 is 0. The van der Waals surface area contributed by atoms with E-state index in [9.17, 15) is 19.7 Å². The number of imide groups is 1. The standard InChI is InChI=1S/C23H23N3O4/c1-15-6-7-16(2)19(14-15)25-22(27)20(17-8-10-18(11-9-17)26(29)30)21(23(25)28)24-12-4-3-5-13-24/h6-11,14H,3-5,12-13H2,1-2H3. The Labute approximate surface area is 174 Å². The number of nitro benzene ring substituents is 1. The lowest BCUT2D eigenvalue weighted by atomic mass is 10.0. The van der Waals surface area contributed by atoms with Crippen molar-refractivity contribution in [2.45, 2.75) is 33.1 Å². The minimum atomic E-state index is -0.478. The summed E-state index contributed by atoms with van der Waals surface area (Å²) >= 11 is 0. The Morgan fingerprint density at radius 3 is 2.20 bits per heavy atom. The van der Waals surface area contributed by atoms with Gasteiger partial charge < -0.3 is 4.90 Å². The molecule has 0 N–H and O–H groups in total. The van der Waals surface area contributed by atoms with Crippen LogP contribution in [0.15, 0.2) is 48.2 Å². The zero-order chi connectivity index (χ0) is 21.4. The number of amides is 2. The molecule has 0 aromatic heterocycles. The van der Waals surface area contributed by atoms with Gasteiger partial charge in [0.1, 0.15) is 5.70 Å². The molecule has 0 atom stereocenters. The molecule has 2 amide bonds. The summed E-state index contributed by atoms with van der Waals surface area (Å²) in [6.07, 6.45) is 3.02. The number of likely N-dealkylation sites (tertiary alicyclic amines) is 1. The van der Waals surface area contributed by atoms with E-state index in [1.54, 1.807) is 12.1 Å². The van der Waals surface area contributed by atoms with Gasteiger partial charge in [0.25, 0.3) is 17.5 Å². The summed E-state index contributed by atoms with van der Waals surface area (Å²) in [6.45, 7) is 5.22. The van der Waals surface area contributed by atoms with Gasteiger partial charge in [-0.05, 0) is 68.0 Å². The number of nitrogens with zero attached hydrogens (tertiary/aromatic N) is 3. The van der Waals surface area contributed by atoms with E-state index in [1.807, 2.05) is 36.9 Å². The maximum Gasteiger partial charge on any atom is 0.282 e. The summed E-state index contributed by atoms with van der Waals surface area (Å²) in [5.74, 6) is -0.716. The molecule has 2 heterocycles. The van der Waals surface area contributed by atoms with E-state index in [-0.39, 0.29) is 17.5 Å². The third-order valence-electron chi connectivity index (χ3n) is 5.70. The number of piperidine rings is 1. The zero-order valence-corrected chi connectivity index (χ0v) is 17.1. The minimum Gasteiger partial charge on any atom is -0.366 e. The van der Waals surface area contributed by atoms with Gasteiger partial charge in [-0.2, -0.15) is 0 Å². The highest BCUT2D eigenvalue weighted by Crippen LogP contribution is 2.37. The van der Waals surface area contributed by atoms with Crippen LogP contribution in [-0.4, -0.2) is 34.7 Å². The van der Waals surface area contributed by atoms with E-state index < -0.39 is 4.92 Å². The molecular formula is C23H23N3O4. The normalized spacial score (nSPS) is 17.1. The quantitative estimate of drug-likeness (QED) is 0.436. The van der Waals surface area contributed by atoms with Crippen LogP contribution in [0.3, 0.4) is 0 Å². The Hall–Kier alpha value is -3.48. The number of carbonyl (C=O) groups is 2. The predicted octanol–water partition coefficient (Wildman–Crippen LogP) is 3.98. The summed E-state index contributed by atoms with van der Waals surface area (Å²) in [5.41, 5.74) is 3.56. The highest BCUT2D eigenvalue weighted by Gasteiger charge is 2.43. The van der Waals surface area contributed by atoms with Gasteiger partial charge in [-0.15, -0.1) is 0 Å². The number of rotatable bonds is 4. The van der Waals surface area contributed by atoms with Crippen molar-refractivity contribution in [2.75, 3.05) is 18.0 Å². The van der Waals surface area contributed by atoms with Gasteiger partial charge in [0.05, 0.1) is 16.2 Å². The summed E-state index contributed by atoms with van der Waals surface area (Å²) in [4.78, 5) is 40.9. The van der Waals surface area contributed by atoms with Crippen LogP contribution in [0.4, 0.5) is 11.4 Å².